The summed E-state index contributed by atoms with van der Waals surface area (Å²) in [6.07, 6.45) is 4.11. The summed E-state index contributed by atoms with van der Waals surface area (Å²) >= 11 is 0. The average Bonchev–Trinajstić information content (AvgIpc) is 2.94. The van der Waals surface area contributed by atoms with Crippen LogP contribution in [0.5, 0.6) is 0 Å². The minimum absolute atomic E-state index is 0.524. The van der Waals surface area contributed by atoms with Crippen molar-refractivity contribution in [2.75, 3.05) is 58.9 Å². The van der Waals surface area contributed by atoms with E-state index in [1.807, 2.05) is 0 Å². The Morgan fingerprint density at radius 2 is 1.73 bits per heavy atom. The van der Waals surface area contributed by atoms with Crippen molar-refractivity contribution >= 4 is 0 Å². The van der Waals surface area contributed by atoms with Gasteiger partial charge in [0.25, 0.3) is 0 Å². The highest BCUT2D eigenvalue weighted by molar-refractivity contribution is 4.90. The van der Waals surface area contributed by atoms with Gasteiger partial charge >= 0.3 is 0 Å². The van der Waals surface area contributed by atoms with Crippen LogP contribution in [0, 0.1) is 5.41 Å². The molecule has 1 atom stereocenters. The third-order valence-electron chi connectivity index (χ3n) is 6.22. The van der Waals surface area contributed by atoms with E-state index in [9.17, 15) is 0 Å². The van der Waals surface area contributed by atoms with Gasteiger partial charge in [-0.05, 0) is 58.2 Å². The molecular formula is C18H36N4. The predicted molar refractivity (Wildman–Crippen MR) is 93.3 cm³/mol. The number of nitrogens with zero attached hydrogens (tertiary/aromatic N) is 3. The molecule has 3 aliphatic heterocycles. The Labute approximate surface area is 137 Å². The van der Waals surface area contributed by atoms with E-state index in [4.69, 9.17) is 0 Å². The van der Waals surface area contributed by atoms with Crippen LogP contribution < -0.4 is 5.32 Å². The maximum atomic E-state index is 3.54. The van der Waals surface area contributed by atoms with Crippen LogP contribution in [0.15, 0.2) is 0 Å². The maximum Gasteiger partial charge on any atom is 0.0121 e. The number of hydrogen-bond acceptors (Lipinski definition) is 4. The van der Waals surface area contributed by atoms with Crippen LogP contribution in [0.3, 0.4) is 0 Å². The lowest BCUT2D eigenvalue weighted by molar-refractivity contribution is 0.0409. The Kier molecular flexibility index (Phi) is 5.43. The van der Waals surface area contributed by atoms with Crippen LogP contribution in [0.2, 0.25) is 0 Å². The van der Waals surface area contributed by atoms with Gasteiger partial charge in [0, 0.05) is 51.4 Å². The van der Waals surface area contributed by atoms with Crippen LogP contribution in [0.1, 0.15) is 40.0 Å². The van der Waals surface area contributed by atoms with Gasteiger partial charge in [-0.3, -0.25) is 9.80 Å². The van der Waals surface area contributed by atoms with E-state index >= 15 is 0 Å². The van der Waals surface area contributed by atoms with E-state index in [0.717, 1.165) is 6.04 Å². The van der Waals surface area contributed by atoms with Gasteiger partial charge in [-0.15, -0.1) is 0 Å². The van der Waals surface area contributed by atoms with Crippen molar-refractivity contribution < 1.29 is 0 Å². The van der Waals surface area contributed by atoms with Crippen molar-refractivity contribution in [1.29, 1.82) is 0 Å². The molecule has 0 radical (unpaired) electrons. The van der Waals surface area contributed by atoms with Crippen LogP contribution in [0.25, 0.3) is 0 Å². The Balaban J connectivity index is 1.40. The number of hydrogen-bond donors (Lipinski definition) is 1. The number of rotatable bonds is 4. The third kappa shape index (κ3) is 4.02. The molecule has 0 amide bonds. The summed E-state index contributed by atoms with van der Waals surface area (Å²) in [5.74, 6) is 0. The second-order valence-corrected chi connectivity index (χ2v) is 8.41. The van der Waals surface area contributed by atoms with E-state index in [1.165, 1.54) is 78.2 Å². The molecule has 3 fully saturated rings. The van der Waals surface area contributed by atoms with Crippen LogP contribution in [0.4, 0.5) is 0 Å². The molecule has 0 bridgehead atoms. The van der Waals surface area contributed by atoms with Crippen molar-refractivity contribution in [2.45, 2.75) is 52.1 Å². The highest BCUT2D eigenvalue weighted by Gasteiger charge is 2.33. The molecule has 0 aromatic rings. The monoisotopic (exact) mass is 308 g/mol. The van der Waals surface area contributed by atoms with Gasteiger partial charge in [0.05, 0.1) is 0 Å². The first-order valence-electron chi connectivity index (χ1n) is 9.47. The first kappa shape index (κ1) is 16.7. The Morgan fingerprint density at radius 1 is 1.05 bits per heavy atom. The first-order chi connectivity index (χ1) is 10.6. The topological polar surface area (TPSA) is 21.8 Å². The van der Waals surface area contributed by atoms with Crippen LogP contribution in [-0.4, -0.2) is 85.7 Å². The average molecular weight is 309 g/mol. The summed E-state index contributed by atoms with van der Waals surface area (Å²) in [5.41, 5.74) is 0.524. The number of nitrogens with one attached hydrogen (secondary N) is 1. The van der Waals surface area contributed by atoms with Crippen LogP contribution >= 0.6 is 0 Å². The predicted octanol–water partition coefficient (Wildman–Crippen LogP) is 1.48. The van der Waals surface area contributed by atoms with E-state index in [2.05, 4.69) is 40.8 Å². The maximum absolute atomic E-state index is 3.54. The van der Waals surface area contributed by atoms with Gasteiger partial charge in [0.2, 0.25) is 0 Å². The zero-order valence-corrected chi connectivity index (χ0v) is 15.0. The van der Waals surface area contributed by atoms with Crippen molar-refractivity contribution in [1.82, 2.24) is 20.0 Å². The van der Waals surface area contributed by atoms with Gasteiger partial charge < -0.3 is 10.2 Å². The van der Waals surface area contributed by atoms with Gasteiger partial charge in [-0.25, -0.2) is 0 Å². The summed E-state index contributed by atoms with van der Waals surface area (Å²) in [5, 5.41) is 3.54. The summed E-state index contributed by atoms with van der Waals surface area (Å²) in [6, 6.07) is 1.56. The minimum atomic E-state index is 0.524. The van der Waals surface area contributed by atoms with E-state index < -0.39 is 0 Å². The molecule has 0 saturated carbocycles. The molecule has 128 valence electrons. The van der Waals surface area contributed by atoms with Gasteiger partial charge in [-0.2, -0.15) is 0 Å². The number of piperidine rings is 1. The lowest BCUT2D eigenvalue weighted by atomic mass is 9.88. The fraction of sp³-hybridized carbons (Fsp3) is 1.00. The molecule has 3 aliphatic rings. The molecule has 4 heteroatoms. The van der Waals surface area contributed by atoms with Crippen LogP contribution in [-0.2, 0) is 0 Å². The summed E-state index contributed by atoms with van der Waals surface area (Å²) in [7, 11) is 0. The highest BCUT2D eigenvalue weighted by Crippen LogP contribution is 2.28. The molecule has 3 saturated heterocycles. The number of piperazine rings is 1. The summed E-state index contributed by atoms with van der Waals surface area (Å²) in [4.78, 5) is 8.13. The van der Waals surface area contributed by atoms with Crippen molar-refractivity contribution in [2.24, 2.45) is 5.41 Å². The standard InChI is InChI=1S/C18H36N4/c1-16(2)21-10-12-22(13-11-21)17-4-8-20(9-5-17)15-18(3)6-7-19-14-18/h16-17,19H,4-15H2,1-3H3. The van der Waals surface area contributed by atoms with E-state index in [-0.39, 0.29) is 0 Å². The summed E-state index contributed by atoms with van der Waals surface area (Å²) in [6.45, 7) is 18.6. The van der Waals surface area contributed by atoms with Crippen molar-refractivity contribution in [3.05, 3.63) is 0 Å². The molecule has 0 spiro atoms. The second kappa shape index (κ2) is 7.16. The zero-order chi connectivity index (χ0) is 15.6. The zero-order valence-electron chi connectivity index (χ0n) is 15.0. The normalized spacial score (nSPS) is 33.8. The van der Waals surface area contributed by atoms with Crippen molar-refractivity contribution in [3.8, 4) is 0 Å². The molecule has 3 rings (SSSR count). The van der Waals surface area contributed by atoms with Crippen molar-refractivity contribution in [3.63, 3.8) is 0 Å². The lowest BCUT2D eigenvalue weighted by Crippen LogP contribution is -2.55. The van der Waals surface area contributed by atoms with E-state index in [1.54, 1.807) is 0 Å². The fourth-order valence-electron chi connectivity index (χ4n) is 4.61. The number of likely N-dealkylation sites (tertiary alicyclic amines) is 1. The SMILES string of the molecule is CC(C)N1CCN(C2CCN(CC3(C)CCNC3)CC2)CC1. The minimum Gasteiger partial charge on any atom is -0.316 e. The molecule has 4 nitrogen and oxygen atoms in total. The smallest absolute Gasteiger partial charge is 0.0121 e. The molecule has 0 aromatic carbocycles. The largest absolute Gasteiger partial charge is 0.316 e. The quantitative estimate of drug-likeness (QED) is 0.849. The Bertz CT molecular complexity index is 335. The summed E-state index contributed by atoms with van der Waals surface area (Å²) < 4.78 is 0. The molecule has 3 heterocycles. The van der Waals surface area contributed by atoms with Gasteiger partial charge in [0.15, 0.2) is 0 Å². The lowest BCUT2D eigenvalue weighted by Gasteiger charge is -2.44. The third-order valence-corrected chi connectivity index (χ3v) is 6.22. The fourth-order valence-corrected chi connectivity index (χ4v) is 4.61. The highest BCUT2D eigenvalue weighted by atomic mass is 15.3. The Morgan fingerprint density at radius 3 is 2.27 bits per heavy atom. The first-order valence-corrected chi connectivity index (χ1v) is 9.47. The second-order valence-electron chi connectivity index (χ2n) is 8.41. The van der Waals surface area contributed by atoms with Gasteiger partial charge in [-0.1, -0.05) is 6.92 Å². The molecule has 1 N–H and O–H groups in total. The molecule has 22 heavy (non-hydrogen) atoms. The molecule has 0 aliphatic carbocycles. The van der Waals surface area contributed by atoms with E-state index in [0.29, 0.717) is 11.5 Å². The molecule has 0 aromatic heterocycles. The van der Waals surface area contributed by atoms with Gasteiger partial charge in [0.1, 0.15) is 0 Å². The Hall–Kier alpha value is -0.160. The molecule has 1 unspecified atom stereocenters. The molecular weight excluding hydrogens is 272 g/mol.